The van der Waals surface area contributed by atoms with E-state index in [0.29, 0.717) is 17.5 Å². The van der Waals surface area contributed by atoms with Crippen molar-refractivity contribution < 1.29 is 8.83 Å². The van der Waals surface area contributed by atoms with Crippen molar-refractivity contribution in [3.8, 4) is 34.2 Å². The van der Waals surface area contributed by atoms with Crippen LogP contribution in [0, 0.1) is 0 Å². The van der Waals surface area contributed by atoms with Gasteiger partial charge in [-0.15, -0.1) is 0 Å². The molecule has 13 rings (SSSR count). The molecule has 0 radical (unpaired) electrons. The van der Waals surface area contributed by atoms with Gasteiger partial charge in [-0.1, -0.05) is 152 Å². The molecule has 0 aliphatic heterocycles. The number of rotatable bonds is 3. The molecule has 0 fully saturated rings. The molecule has 0 unspecified atom stereocenters. The summed E-state index contributed by atoms with van der Waals surface area (Å²) in [7, 11) is 0. The Morgan fingerprint density at radius 3 is 1.12 bits per heavy atom. The predicted octanol–water partition coefficient (Wildman–Crippen LogP) is 14.4. The second-order valence-corrected chi connectivity index (χ2v) is 15.1. The van der Waals surface area contributed by atoms with Crippen LogP contribution < -0.4 is 0 Å². The van der Waals surface area contributed by atoms with Crippen LogP contribution in [-0.4, -0.2) is 15.0 Å². The second kappa shape index (κ2) is 11.8. The van der Waals surface area contributed by atoms with Crippen molar-refractivity contribution in [3.05, 3.63) is 176 Å². The van der Waals surface area contributed by atoms with Gasteiger partial charge >= 0.3 is 0 Å². The van der Waals surface area contributed by atoms with Crippen LogP contribution >= 0.6 is 0 Å². The fraction of sp³-hybridized carbons (Fsp3) is 0. The van der Waals surface area contributed by atoms with Crippen LogP contribution in [0.2, 0.25) is 0 Å². The molecule has 3 heterocycles. The predicted molar refractivity (Wildman–Crippen MR) is 238 cm³/mol. The lowest BCUT2D eigenvalue weighted by atomic mass is 9.96. The van der Waals surface area contributed by atoms with E-state index >= 15 is 0 Å². The number of furan rings is 2. The average Bonchev–Trinajstić information content (AvgIpc) is 3.89. The number of hydrogen-bond donors (Lipinski definition) is 0. The van der Waals surface area contributed by atoms with Crippen molar-refractivity contribution in [2.45, 2.75) is 0 Å². The van der Waals surface area contributed by atoms with E-state index < -0.39 is 0 Å². The van der Waals surface area contributed by atoms with Crippen molar-refractivity contribution in [2.24, 2.45) is 0 Å². The van der Waals surface area contributed by atoms with Crippen LogP contribution in [0.3, 0.4) is 0 Å². The highest BCUT2D eigenvalue weighted by Crippen LogP contribution is 2.46. The Bertz CT molecular complexity index is 3660. The Morgan fingerprint density at radius 2 is 0.638 bits per heavy atom. The van der Waals surface area contributed by atoms with Crippen molar-refractivity contribution in [2.75, 3.05) is 0 Å². The molecule has 0 bridgehead atoms. The second-order valence-electron chi connectivity index (χ2n) is 15.1. The van der Waals surface area contributed by atoms with Gasteiger partial charge < -0.3 is 8.83 Å². The van der Waals surface area contributed by atoms with Gasteiger partial charge in [-0.25, -0.2) is 15.0 Å². The first-order chi connectivity index (χ1) is 28.7. The third-order valence-corrected chi connectivity index (χ3v) is 11.9. The minimum atomic E-state index is 0.523. The van der Waals surface area contributed by atoms with Crippen molar-refractivity contribution in [1.82, 2.24) is 15.0 Å². The van der Waals surface area contributed by atoms with E-state index in [0.717, 1.165) is 114 Å². The summed E-state index contributed by atoms with van der Waals surface area (Å²) in [5.41, 5.74) is 5.64. The van der Waals surface area contributed by atoms with Gasteiger partial charge in [0.05, 0.1) is 11.1 Å². The van der Waals surface area contributed by atoms with Crippen molar-refractivity contribution >= 4 is 97.7 Å². The lowest BCUT2D eigenvalue weighted by molar-refractivity contribution is 0.670. The molecule has 10 aromatic carbocycles. The summed E-state index contributed by atoms with van der Waals surface area (Å²) in [5.74, 6) is 1.62. The molecule has 5 nitrogen and oxygen atoms in total. The number of nitrogens with zero attached hydrogens (tertiary/aromatic N) is 3. The van der Waals surface area contributed by atoms with Gasteiger partial charge in [-0.05, 0) is 78.1 Å². The number of benzene rings is 10. The maximum absolute atomic E-state index is 6.91. The topological polar surface area (TPSA) is 65.0 Å². The lowest BCUT2D eigenvalue weighted by Crippen LogP contribution is -2.01. The van der Waals surface area contributed by atoms with Crippen molar-refractivity contribution in [3.63, 3.8) is 0 Å². The standard InChI is InChI=1S/C53H29N3O2/c1-6-18-35-30(12-1)17-11-23-40(35)51-54-52(41-28-33-15-4-9-21-38(33)47-45-36-19-7-2-13-31(36)24-26-43(45)57-49(41)47)56-53(55-51)42-29-34-16-5-10-22-39(34)48-46-37-20-8-3-14-32(37)25-27-44(46)58-50(42)48/h1-29H. The monoisotopic (exact) mass is 739 g/mol. The molecule has 0 spiro atoms. The highest BCUT2D eigenvalue weighted by Gasteiger charge is 2.24. The fourth-order valence-corrected chi connectivity index (χ4v) is 9.26. The quantitative estimate of drug-likeness (QED) is 0.180. The summed E-state index contributed by atoms with van der Waals surface area (Å²) in [6.07, 6.45) is 0. The fourth-order valence-electron chi connectivity index (χ4n) is 9.26. The molecule has 0 N–H and O–H groups in total. The summed E-state index contributed by atoms with van der Waals surface area (Å²) in [6.45, 7) is 0. The van der Waals surface area contributed by atoms with Gasteiger partial charge in [0.1, 0.15) is 22.3 Å². The summed E-state index contributed by atoms with van der Waals surface area (Å²) in [6, 6.07) is 61.4. The summed E-state index contributed by atoms with van der Waals surface area (Å²) in [5, 5.41) is 15.4. The van der Waals surface area contributed by atoms with Gasteiger partial charge in [-0.2, -0.15) is 0 Å². The van der Waals surface area contributed by atoms with E-state index in [1.54, 1.807) is 0 Å². The Balaban J connectivity index is 1.18. The van der Waals surface area contributed by atoms with Crippen LogP contribution in [0.25, 0.3) is 132 Å². The van der Waals surface area contributed by atoms with E-state index in [2.05, 4.69) is 176 Å². The van der Waals surface area contributed by atoms with Crippen LogP contribution in [0.15, 0.2) is 185 Å². The van der Waals surface area contributed by atoms with E-state index in [9.17, 15) is 0 Å². The first kappa shape index (κ1) is 31.3. The molecule has 13 aromatic rings. The number of aromatic nitrogens is 3. The summed E-state index contributed by atoms with van der Waals surface area (Å²) < 4.78 is 13.8. The summed E-state index contributed by atoms with van der Waals surface area (Å²) >= 11 is 0. The van der Waals surface area contributed by atoms with Crippen LogP contribution in [0.1, 0.15) is 0 Å². The molecule has 3 aromatic heterocycles. The van der Waals surface area contributed by atoms with Gasteiger partial charge in [-0.3, -0.25) is 0 Å². The molecule has 268 valence electrons. The minimum absolute atomic E-state index is 0.523. The van der Waals surface area contributed by atoms with Gasteiger partial charge in [0.15, 0.2) is 17.5 Å². The third kappa shape index (κ3) is 4.44. The molecule has 58 heavy (non-hydrogen) atoms. The zero-order valence-electron chi connectivity index (χ0n) is 30.9. The molecule has 5 heteroatoms. The molecule has 0 atom stereocenters. The maximum atomic E-state index is 6.91. The Morgan fingerprint density at radius 1 is 0.276 bits per heavy atom. The van der Waals surface area contributed by atoms with Gasteiger partial charge in [0.25, 0.3) is 0 Å². The molecular formula is C53H29N3O2. The van der Waals surface area contributed by atoms with Gasteiger partial charge in [0.2, 0.25) is 0 Å². The molecule has 0 saturated heterocycles. The Labute approximate surface area is 330 Å². The first-order valence-electron chi connectivity index (χ1n) is 19.5. The lowest BCUT2D eigenvalue weighted by Gasteiger charge is -2.12. The SMILES string of the molecule is c1ccc2c(-c3nc(-c4cc5ccccc5c5c4oc4ccc6ccccc6c45)nc(-c4cc5ccccc5c5c4oc4ccc6ccccc6c45)n3)cccc2c1. The molecule has 0 aliphatic carbocycles. The van der Waals surface area contributed by atoms with E-state index in [-0.39, 0.29) is 0 Å². The van der Waals surface area contributed by atoms with E-state index in [1.807, 2.05) is 0 Å². The van der Waals surface area contributed by atoms with Crippen molar-refractivity contribution in [1.29, 1.82) is 0 Å². The molecular weight excluding hydrogens is 711 g/mol. The van der Waals surface area contributed by atoms with E-state index in [4.69, 9.17) is 23.8 Å². The van der Waals surface area contributed by atoms with E-state index in [1.165, 1.54) is 0 Å². The maximum Gasteiger partial charge on any atom is 0.167 e. The molecule has 0 amide bonds. The summed E-state index contributed by atoms with van der Waals surface area (Å²) in [4.78, 5) is 16.1. The Hall–Kier alpha value is -7.89. The number of fused-ring (bicyclic) bond motifs is 15. The normalized spacial score (nSPS) is 12.1. The highest BCUT2D eigenvalue weighted by atomic mass is 16.3. The van der Waals surface area contributed by atoms with Crippen LogP contribution in [0.4, 0.5) is 0 Å². The zero-order valence-corrected chi connectivity index (χ0v) is 30.9. The van der Waals surface area contributed by atoms with Gasteiger partial charge in [0, 0.05) is 27.1 Å². The molecule has 0 aliphatic rings. The minimum Gasteiger partial charge on any atom is -0.455 e. The largest absolute Gasteiger partial charge is 0.455 e. The first-order valence-corrected chi connectivity index (χ1v) is 19.5. The third-order valence-electron chi connectivity index (χ3n) is 11.9. The van der Waals surface area contributed by atoms with Crippen LogP contribution in [-0.2, 0) is 0 Å². The number of hydrogen-bond acceptors (Lipinski definition) is 5. The smallest absolute Gasteiger partial charge is 0.167 e. The molecule has 0 saturated carbocycles. The Kier molecular flexibility index (Phi) is 6.38. The average molecular weight is 740 g/mol. The highest BCUT2D eigenvalue weighted by molar-refractivity contribution is 6.30. The van der Waals surface area contributed by atoms with Crippen LogP contribution in [0.5, 0.6) is 0 Å². The zero-order chi connectivity index (χ0) is 37.9.